The molecule has 1 saturated carbocycles. The molecule has 4 heteroatoms. The number of amides is 1. The Morgan fingerprint density at radius 3 is 2.88 bits per heavy atom. The van der Waals surface area contributed by atoms with Crippen molar-refractivity contribution in [2.45, 2.75) is 19.1 Å². The third-order valence-electron chi connectivity index (χ3n) is 2.67. The molecule has 1 aliphatic carbocycles. The minimum absolute atomic E-state index is 0.0285. The summed E-state index contributed by atoms with van der Waals surface area (Å²) in [5, 5.41) is 12.6. The van der Waals surface area contributed by atoms with Crippen LogP contribution in [0.5, 0.6) is 0 Å². The quantitative estimate of drug-likeness (QED) is 0.787. The first-order valence-corrected chi connectivity index (χ1v) is 5.35. The van der Waals surface area contributed by atoms with Crippen molar-refractivity contribution >= 4 is 6.09 Å². The zero-order valence-electron chi connectivity index (χ0n) is 8.89. The number of rotatable bonds is 5. The molecule has 16 heavy (non-hydrogen) atoms. The van der Waals surface area contributed by atoms with Crippen LogP contribution in [0.4, 0.5) is 4.79 Å². The summed E-state index contributed by atoms with van der Waals surface area (Å²) in [5.41, 5.74) is 1.13. The van der Waals surface area contributed by atoms with Crippen LogP contribution >= 0.6 is 0 Å². The van der Waals surface area contributed by atoms with Gasteiger partial charge in [-0.3, -0.25) is 0 Å². The van der Waals surface area contributed by atoms with Crippen molar-refractivity contribution in [1.29, 1.82) is 0 Å². The van der Waals surface area contributed by atoms with Crippen LogP contribution in [0.2, 0.25) is 0 Å². The van der Waals surface area contributed by atoms with Crippen LogP contribution in [0.1, 0.15) is 12.0 Å². The number of nitrogens with one attached hydrogen (secondary N) is 1. The molecule has 86 valence electrons. The van der Waals surface area contributed by atoms with Gasteiger partial charge in [0, 0.05) is 12.0 Å². The summed E-state index contributed by atoms with van der Waals surface area (Å²) in [6.07, 6.45) is -0.349. The molecule has 0 radical (unpaired) electrons. The van der Waals surface area contributed by atoms with E-state index in [1.807, 2.05) is 30.3 Å². The molecule has 0 bridgehead atoms. The van der Waals surface area contributed by atoms with Crippen molar-refractivity contribution in [1.82, 2.24) is 5.32 Å². The minimum atomic E-state index is -1.20. The van der Waals surface area contributed by atoms with Crippen molar-refractivity contribution in [3.8, 4) is 0 Å². The van der Waals surface area contributed by atoms with Crippen LogP contribution < -0.4 is 10.4 Å². The number of hydrogen-bond acceptors (Lipinski definition) is 3. The Morgan fingerprint density at radius 2 is 2.19 bits per heavy atom. The van der Waals surface area contributed by atoms with Crippen molar-refractivity contribution in [2.24, 2.45) is 5.92 Å². The zero-order valence-corrected chi connectivity index (χ0v) is 8.89. The summed E-state index contributed by atoms with van der Waals surface area (Å²) in [6.45, 7) is 1.18. The first kappa shape index (κ1) is 11.0. The van der Waals surface area contributed by atoms with E-state index in [0.717, 1.165) is 12.0 Å². The third-order valence-corrected chi connectivity index (χ3v) is 2.67. The highest BCUT2D eigenvalue weighted by molar-refractivity contribution is 5.62. The van der Waals surface area contributed by atoms with Gasteiger partial charge in [-0.05, 0) is 12.0 Å². The molecule has 2 unspecified atom stereocenters. The highest BCUT2D eigenvalue weighted by atomic mass is 16.5. The van der Waals surface area contributed by atoms with Gasteiger partial charge >= 0.3 is 0 Å². The molecule has 1 amide bonds. The van der Waals surface area contributed by atoms with Crippen molar-refractivity contribution in [3.05, 3.63) is 35.9 Å². The second-order valence-electron chi connectivity index (χ2n) is 4.03. The van der Waals surface area contributed by atoms with Crippen LogP contribution in [0, 0.1) is 5.92 Å². The van der Waals surface area contributed by atoms with Gasteiger partial charge < -0.3 is 20.0 Å². The summed E-state index contributed by atoms with van der Waals surface area (Å²) in [5.74, 6) is 0.307. The normalized spacial score (nSPS) is 22.8. The average Bonchev–Trinajstić information content (AvgIpc) is 2.97. The second kappa shape index (κ2) is 4.99. The number of carbonyl (C=O) groups excluding carboxylic acids is 1. The van der Waals surface area contributed by atoms with Crippen molar-refractivity contribution in [2.75, 3.05) is 6.61 Å². The topological polar surface area (TPSA) is 61.4 Å². The van der Waals surface area contributed by atoms with Crippen LogP contribution in [0.25, 0.3) is 0 Å². The Hall–Kier alpha value is -1.55. The number of ether oxygens (including phenoxy) is 1. The van der Waals surface area contributed by atoms with Crippen LogP contribution in [-0.2, 0) is 11.3 Å². The lowest BCUT2D eigenvalue weighted by Crippen LogP contribution is -2.38. The summed E-state index contributed by atoms with van der Waals surface area (Å²) in [6, 6.07) is 9.94. The van der Waals surface area contributed by atoms with E-state index in [1.165, 1.54) is 0 Å². The van der Waals surface area contributed by atoms with Gasteiger partial charge in [-0.1, -0.05) is 30.3 Å². The summed E-state index contributed by atoms with van der Waals surface area (Å²) in [7, 11) is 0. The van der Waals surface area contributed by atoms with E-state index >= 15 is 0 Å². The fraction of sp³-hybridized carbons (Fsp3) is 0.417. The van der Waals surface area contributed by atoms with Crippen LogP contribution in [-0.4, -0.2) is 18.7 Å². The smallest absolute Gasteiger partial charge is 0.134 e. The number of benzene rings is 1. The van der Waals surface area contributed by atoms with Gasteiger partial charge in [-0.15, -0.1) is 0 Å². The summed E-state index contributed by atoms with van der Waals surface area (Å²) < 4.78 is 5.50. The maximum Gasteiger partial charge on any atom is 0.134 e. The number of hydrogen-bond donors (Lipinski definition) is 1. The molecule has 1 aromatic rings. The lowest BCUT2D eigenvalue weighted by molar-refractivity contribution is -0.251. The Kier molecular flexibility index (Phi) is 3.41. The largest absolute Gasteiger partial charge is 0.530 e. The van der Waals surface area contributed by atoms with E-state index in [1.54, 1.807) is 0 Å². The van der Waals surface area contributed by atoms with E-state index < -0.39 is 6.09 Å². The van der Waals surface area contributed by atoms with Gasteiger partial charge in [0.15, 0.2) is 0 Å². The molecule has 1 aliphatic rings. The maximum atomic E-state index is 10.2. The average molecular weight is 220 g/mol. The van der Waals surface area contributed by atoms with E-state index in [2.05, 4.69) is 5.32 Å². The molecule has 0 heterocycles. The SMILES string of the molecule is O=C([O-])NC1CC1COCc1ccccc1. The molecule has 4 nitrogen and oxygen atoms in total. The number of carboxylic acid groups (broad SMARTS) is 1. The fourth-order valence-corrected chi connectivity index (χ4v) is 1.66. The minimum Gasteiger partial charge on any atom is -0.530 e. The molecule has 2 rings (SSSR count). The first-order valence-electron chi connectivity index (χ1n) is 5.35. The second-order valence-corrected chi connectivity index (χ2v) is 4.03. The van der Waals surface area contributed by atoms with E-state index in [4.69, 9.17) is 4.74 Å². The predicted octanol–water partition coefficient (Wildman–Crippen LogP) is 0.525. The predicted molar refractivity (Wildman–Crippen MR) is 56.5 cm³/mol. The lowest BCUT2D eigenvalue weighted by atomic mass is 10.2. The molecular formula is C12H14NO3-. The van der Waals surface area contributed by atoms with E-state index in [-0.39, 0.29) is 6.04 Å². The van der Waals surface area contributed by atoms with Gasteiger partial charge in [0.1, 0.15) is 6.09 Å². The Labute approximate surface area is 94.2 Å². The zero-order chi connectivity index (χ0) is 11.4. The van der Waals surface area contributed by atoms with Crippen molar-refractivity contribution < 1.29 is 14.6 Å². The van der Waals surface area contributed by atoms with Gasteiger partial charge in [0.25, 0.3) is 0 Å². The fourth-order valence-electron chi connectivity index (χ4n) is 1.66. The molecule has 1 fully saturated rings. The summed E-state index contributed by atoms with van der Waals surface area (Å²) >= 11 is 0. The van der Waals surface area contributed by atoms with Gasteiger partial charge in [0.05, 0.1) is 13.2 Å². The molecule has 1 N–H and O–H groups in total. The van der Waals surface area contributed by atoms with Crippen LogP contribution in [0.15, 0.2) is 30.3 Å². The number of carbonyl (C=O) groups is 1. The van der Waals surface area contributed by atoms with Gasteiger partial charge in [-0.25, -0.2) is 0 Å². The highest BCUT2D eigenvalue weighted by Crippen LogP contribution is 2.30. The standard InChI is InChI=1S/C12H15NO3/c14-12(15)13-11-6-10(11)8-16-7-9-4-2-1-3-5-9/h1-5,10-11,13H,6-8H2,(H,14,15)/p-1. The molecule has 0 spiro atoms. The molecule has 2 atom stereocenters. The molecule has 0 saturated heterocycles. The van der Waals surface area contributed by atoms with Crippen molar-refractivity contribution in [3.63, 3.8) is 0 Å². The van der Waals surface area contributed by atoms with Gasteiger partial charge in [-0.2, -0.15) is 0 Å². The molecule has 1 aromatic carbocycles. The molecular weight excluding hydrogens is 206 g/mol. The summed E-state index contributed by atoms with van der Waals surface area (Å²) in [4.78, 5) is 10.2. The first-order chi connectivity index (χ1) is 7.75. The lowest BCUT2D eigenvalue weighted by Gasteiger charge is -2.06. The van der Waals surface area contributed by atoms with Crippen LogP contribution in [0.3, 0.4) is 0 Å². The monoisotopic (exact) mass is 220 g/mol. The maximum absolute atomic E-state index is 10.2. The Morgan fingerprint density at radius 1 is 1.44 bits per heavy atom. The van der Waals surface area contributed by atoms with E-state index in [0.29, 0.717) is 19.1 Å². The molecule has 0 aromatic heterocycles. The Balaban J connectivity index is 1.62. The highest BCUT2D eigenvalue weighted by Gasteiger charge is 2.36. The Bertz CT molecular complexity index is 353. The molecule has 0 aliphatic heterocycles. The third kappa shape index (κ3) is 3.24. The van der Waals surface area contributed by atoms with Gasteiger partial charge in [0.2, 0.25) is 0 Å². The van der Waals surface area contributed by atoms with E-state index in [9.17, 15) is 9.90 Å².